The van der Waals surface area contributed by atoms with E-state index in [9.17, 15) is 9.59 Å². The van der Waals surface area contributed by atoms with E-state index < -0.39 is 5.97 Å². The zero-order valence-electron chi connectivity index (χ0n) is 11.1. The van der Waals surface area contributed by atoms with Crippen LogP contribution in [0.4, 0.5) is 0 Å². The maximum atomic E-state index is 12.0. The van der Waals surface area contributed by atoms with Crippen molar-refractivity contribution >= 4 is 27.8 Å². The quantitative estimate of drug-likeness (QED) is 0.863. The molecule has 0 radical (unpaired) electrons. The van der Waals surface area contributed by atoms with E-state index in [1.54, 1.807) is 17.0 Å². The molecule has 0 aliphatic heterocycles. The first-order valence-corrected chi connectivity index (χ1v) is 7.27. The highest BCUT2D eigenvalue weighted by Gasteiger charge is 2.31. The fourth-order valence-corrected chi connectivity index (χ4v) is 2.43. The van der Waals surface area contributed by atoms with Crippen molar-refractivity contribution in [2.24, 2.45) is 0 Å². The topological polar surface area (TPSA) is 66.8 Å². The number of hydrogen-bond donors (Lipinski definition) is 1. The second-order valence-electron chi connectivity index (χ2n) is 4.65. The molecule has 0 heterocycles. The summed E-state index contributed by atoms with van der Waals surface area (Å²) in [5, 5.41) is 9.01. The van der Waals surface area contributed by atoms with Gasteiger partial charge in [-0.25, -0.2) is 4.79 Å². The van der Waals surface area contributed by atoms with Crippen LogP contribution >= 0.6 is 15.9 Å². The van der Waals surface area contributed by atoms with Gasteiger partial charge in [0.25, 0.3) is 5.91 Å². The minimum absolute atomic E-state index is 0.0604. The summed E-state index contributed by atoms with van der Waals surface area (Å²) in [5.74, 6) is -0.720. The molecular formula is C14H16BrNO4. The molecule has 1 amide bonds. The molecule has 1 aromatic carbocycles. The molecular weight excluding hydrogens is 326 g/mol. The molecule has 108 valence electrons. The first-order valence-electron chi connectivity index (χ1n) is 6.48. The third kappa shape index (κ3) is 3.50. The van der Waals surface area contributed by atoms with Crippen molar-refractivity contribution in [2.75, 3.05) is 13.2 Å². The van der Waals surface area contributed by atoms with Crippen LogP contribution in [0.25, 0.3) is 0 Å². The Balaban J connectivity index is 1.98. The second-order valence-corrected chi connectivity index (χ2v) is 5.50. The lowest BCUT2D eigenvalue weighted by molar-refractivity contribution is -0.133. The number of amides is 1. The molecule has 0 spiro atoms. The average Bonchev–Trinajstić information content (AvgIpc) is 3.23. The van der Waals surface area contributed by atoms with Crippen molar-refractivity contribution in [3.05, 3.63) is 28.2 Å². The number of ether oxygens (including phenoxy) is 1. The van der Waals surface area contributed by atoms with Crippen LogP contribution in [-0.4, -0.2) is 41.1 Å². The Morgan fingerprint density at radius 1 is 1.45 bits per heavy atom. The molecule has 1 saturated carbocycles. The van der Waals surface area contributed by atoms with E-state index in [1.165, 1.54) is 6.07 Å². The summed E-state index contributed by atoms with van der Waals surface area (Å²) >= 11 is 3.16. The van der Waals surface area contributed by atoms with Gasteiger partial charge in [0.15, 0.2) is 6.61 Å². The first kappa shape index (κ1) is 14.8. The monoisotopic (exact) mass is 341 g/mol. The van der Waals surface area contributed by atoms with Gasteiger partial charge in [0.1, 0.15) is 5.75 Å². The van der Waals surface area contributed by atoms with Gasteiger partial charge in [-0.2, -0.15) is 0 Å². The minimum atomic E-state index is -1.04. The fraction of sp³-hybridized carbons (Fsp3) is 0.429. The Hall–Kier alpha value is -1.56. The number of likely N-dealkylation sites (N-methyl/N-ethyl adjacent to an activating group) is 1. The van der Waals surface area contributed by atoms with Crippen LogP contribution in [0, 0.1) is 0 Å². The van der Waals surface area contributed by atoms with Gasteiger partial charge in [0.05, 0.1) is 5.56 Å². The maximum absolute atomic E-state index is 12.0. The molecule has 0 atom stereocenters. The van der Waals surface area contributed by atoms with Crippen molar-refractivity contribution in [3.63, 3.8) is 0 Å². The highest BCUT2D eigenvalue weighted by atomic mass is 79.9. The molecule has 0 bridgehead atoms. The van der Waals surface area contributed by atoms with Crippen LogP contribution in [0.5, 0.6) is 5.75 Å². The number of carbonyl (C=O) groups is 2. The molecule has 1 aliphatic rings. The van der Waals surface area contributed by atoms with E-state index in [1.807, 2.05) is 6.92 Å². The number of halogens is 1. The average molecular weight is 342 g/mol. The molecule has 1 fully saturated rings. The zero-order chi connectivity index (χ0) is 14.7. The van der Waals surface area contributed by atoms with Crippen molar-refractivity contribution < 1.29 is 19.4 Å². The van der Waals surface area contributed by atoms with Gasteiger partial charge in [-0.05, 0) is 53.9 Å². The van der Waals surface area contributed by atoms with E-state index in [4.69, 9.17) is 9.84 Å². The van der Waals surface area contributed by atoms with Crippen LogP contribution < -0.4 is 4.74 Å². The summed E-state index contributed by atoms with van der Waals surface area (Å²) in [6.07, 6.45) is 2.11. The Labute approximate surface area is 125 Å². The van der Waals surface area contributed by atoms with Gasteiger partial charge in [-0.15, -0.1) is 0 Å². The van der Waals surface area contributed by atoms with E-state index in [2.05, 4.69) is 15.9 Å². The van der Waals surface area contributed by atoms with Crippen molar-refractivity contribution in [3.8, 4) is 5.75 Å². The summed E-state index contributed by atoms with van der Waals surface area (Å²) in [7, 11) is 0. The van der Waals surface area contributed by atoms with Crippen LogP contribution in [-0.2, 0) is 4.79 Å². The summed E-state index contributed by atoms with van der Waals surface area (Å²) < 4.78 is 5.88. The molecule has 0 unspecified atom stereocenters. The predicted octanol–water partition coefficient (Wildman–Crippen LogP) is 2.54. The van der Waals surface area contributed by atoms with Crippen molar-refractivity contribution in [1.29, 1.82) is 0 Å². The first-order chi connectivity index (χ1) is 9.52. The number of carboxylic acids is 1. The van der Waals surface area contributed by atoms with Gasteiger partial charge < -0.3 is 14.7 Å². The van der Waals surface area contributed by atoms with Crippen LogP contribution in [0.1, 0.15) is 30.1 Å². The molecule has 0 aromatic heterocycles. The normalized spacial score (nSPS) is 13.9. The van der Waals surface area contributed by atoms with Crippen LogP contribution in [0.15, 0.2) is 22.7 Å². The van der Waals surface area contributed by atoms with E-state index >= 15 is 0 Å². The zero-order valence-corrected chi connectivity index (χ0v) is 12.7. The number of aromatic carboxylic acids is 1. The second kappa shape index (κ2) is 6.26. The number of hydrogen-bond acceptors (Lipinski definition) is 3. The fourth-order valence-electron chi connectivity index (χ4n) is 2.01. The molecule has 1 aliphatic carbocycles. The summed E-state index contributed by atoms with van der Waals surface area (Å²) in [5.41, 5.74) is 0.115. The number of benzene rings is 1. The lowest BCUT2D eigenvalue weighted by Crippen LogP contribution is -2.36. The van der Waals surface area contributed by atoms with Gasteiger partial charge in [-0.1, -0.05) is 0 Å². The standard InChI is InChI=1S/C14H16BrNO4/c1-2-16(9-3-4-9)13(17)8-20-10-5-6-12(15)11(7-10)14(18)19/h5-7,9H,2-4,8H2,1H3,(H,18,19). The summed E-state index contributed by atoms with van der Waals surface area (Å²) in [6, 6.07) is 5.00. The smallest absolute Gasteiger partial charge is 0.336 e. The third-order valence-electron chi connectivity index (χ3n) is 3.18. The lowest BCUT2D eigenvalue weighted by atomic mass is 10.2. The Bertz CT molecular complexity index is 528. The SMILES string of the molecule is CCN(C(=O)COc1ccc(Br)c(C(=O)O)c1)C1CC1. The number of rotatable bonds is 6. The third-order valence-corrected chi connectivity index (χ3v) is 3.87. The van der Waals surface area contributed by atoms with E-state index in [0.29, 0.717) is 22.8 Å². The Kier molecular flexibility index (Phi) is 4.65. The largest absolute Gasteiger partial charge is 0.484 e. The number of carboxylic acid groups (broad SMARTS) is 1. The lowest BCUT2D eigenvalue weighted by Gasteiger charge is -2.20. The van der Waals surface area contributed by atoms with Gasteiger partial charge in [-0.3, -0.25) is 4.79 Å². The molecule has 1 aromatic rings. The molecule has 20 heavy (non-hydrogen) atoms. The molecule has 2 rings (SSSR count). The number of carbonyl (C=O) groups excluding carboxylic acids is 1. The molecule has 5 nitrogen and oxygen atoms in total. The highest BCUT2D eigenvalue weighted by Crippen LogP contribution is 2.27. The summed E-state index contributed by atoms with van der Waals surface area (Å²) in [4.78, 5) is 24.8. The minimum Gasteiger partial charge on any atom is -0.484 e. The van der Waals surface area contributed by atoms with Gasteiger partial charge in [0, 0.05) is 17.1 Å². The Morgan fingerprint density at radius 2 is 2.15 bits per heavy atom. The van der Waals surface area contributed by atoms with Crippen LogP contribution in [0.3, 0.4) is 0 Å². The Morgan fingerprint density at radius 3 is 2.70 bits per heavy atom. The highest BCUT2D eigenvalue weighted by molar-refractivity contribution is 9.10. The number of nitrogens with zero attached hydrogens (tertiary/aromatic N) is 1. The molecule has 6 heteroatoms. The molecule has 1 N–H and O–H groups in total. The van der Waals surface area contributed by atoms with Crippen molar-refractivity contribution in [2.45, 2.75) is 25.8 Å². The van der Waals surface area contributed by atoms with Crippen LogP contribution in [0.2, 0.25) is 0 Å². The van der Waals surface area contributed by atoms with Gasteiger partial charge in [0.2, 0.25) is 0 Å². The van der Waals surface area contributed by atoms with E-state index in [0.717, 1.165) is 12.8 Å². The molecule has 0 saturated heterocycles. The predicted molar refractivity (Wildman–Crippen MR) is 77.0 cm³/mol. The van der Waals surface area contributed by atoms with E-state index in [-0.39, 0.29) is 18.1 Å². The maximum Gasteiger partial charge on any atom is 0.336 e. The van der Waals surface area contributed by atoms with Crippen molar-refractivity contribution in [1.82, 2.24) is 4.90 Å². The summed E-state index contributed by atoms with van der Waals surface area (Å²) in [6.45, 7) is 2.55. The van der Waals surface area contributed by atoms with Gasteiger partial charge >= 0.3 is 5.97 Å².